The van der Waals surface area contributed by atoms with Gasteiger partial charge >= 0.3 is 0 Å². The molecule has 2 nitrogen and oxygen atoms in total. The zero-order valence-corrected chi connectivity index (χ0v) is 15.4. The number of nitrogens with zero attached hydrogens (tertiary/aromatic N) is 1. The number of aldehydes is 1. The molecule has 0 aliphatic heterocycles. The van der Waals surface area contributed by atoms with E-state index in [1.54, 1.807) is 0 Å². The van der Waals surface area contributed by atoms with Gasteiger partial charge in [-0.2, -0.15) is 0 Å². The Kier molecular flexibility index (Phi) is 16.0. The van der Waals surface area contributed by atoms with E-state index in [9.17, 15) is 4.79 Å². The molecule has 0 aliphatic carbocycles. The summed E-state index contributed by atoms with van der Waals surface area (Å²) in [4.78, 5) is 12.8. The molecule has 0 amide bonds. The van der Waals surface area contributed by atoms with Crippen LogP contribution in [0.25, 0.3) is 0 Å². The van der Waals surface area contributed by atoms with E-state index in [0.717, 1.165) is 24.7 Å². The van der Waals surface area contributed by atoms with Crippen LogP contribution in [-0.4, -0.2) is 25.3 Å². The van der Waals surface area contributed by atoms with Gasteiger partial charge in [-0.15, -0.1) is 0 Å². The molecule has 22 heavy (non-hydrogen) atoms. The Morgan fingerprint density at radius 2 is 1.14 bits per heavy atom. The van der Waals surface area contributed by atoms with Crippen molar-refractivity contribution in [1.29, 1.82) is 0 Å². The van der Waals surface area contributed by atoms with Gasteiger partial charge in [0.05, 0.1) is 0 Å². The molecule has 0 rings (SSSR count). The van der Waals surface area contributed by atoms with Crippen molar-refractivity contribution in [2.75, 3.05) is 14.1 Å². The van der Waals surface area contributed by atoms with Crippen LogP contribution < -0.4 is 0 Å². The summed E-state index contributed by atoms with van der Waals surface area (Å²) in [6.07, 6.45) is 21.7. The highest BCUT2D eigenvalue weighted by Gasteiger charge is 1.97. The largest absolute Gasteiger partial charge is 0.383 e. The molecule has 0 spiro atoms. The van der Waals surface area contributed by atoms with Gasteiger partial charge in [-0.3, -0.25) is 4.79 Å². The van der Waals surface area contributed by atoms with Gasteiger partial charge in [0.2, 0.25) is 0 Å². The van der Waals surface area contributed by atoms with Crippen LogP contribution in [0.3, 0.4) is 0 Å². The van der Waals surface area contributed by atoms with Crippen LogP contribution in [0.4, 0.5) is 0 Å². The highest BCUT2D eigenvalue weighted by atomic mass is 16.1. The van der Waals surface area contributed by atoms with Crippen LogP contribution in [0.5, 0.6) is 0 Å². The molecule has 0 unspecified atom stereocenters. The van der Waals surface area contributed by atoms with Crippen molar-refractivity contribution in [2.45, 2.75) is 96.8 Å². The van der Waals surface area contributed by atoms with Crippen molar-refractivity contribution in [2.24, 2.45) is 0 Å². The number of carbonyl (C=O) groups excluding carboxylic acids is 1. The summed E-state index contributed by atoms with van der Waals surface area (Å²) in [6.45, 7) is 2.28. The summed E-state index contributed by atoms with van der Waals surface area (Å²) in [5.41, 5.74) is 0.924. The van der Waals surface area contributed by atoms with Crippen LogP contribution in [0, 0.1) is 0 Å². The molecule has 0 aromatic carbocycles. The van der Waals surface area contributed by atoms with E-state index < -0.39 is 0 Å². The molecule has 0 saturated heterocycles. The zero-order chi connectivity index (χ0) is 16.5. The predicted octanol–water partition coefficient (Wildman–Crippen LogP) is 6.11. The van der Waals surface area contributed by atoms with Crippen LogP contribution in [-0.2, 0) is 4.79 Å². The molecule has 0 atom stereocenters. The van der Waals surface area contributed by atoms with E-state index in [1.165, 1.54) is 77.0 Å². The summed E-state index contributed by atoms with van der Waals surface area (Å²) in [7, 11) is 3.93. The Morgan fingerprint density at radius 1 is 0.727 bits per heavy atom. The third-order valence-electron chi connectivity index (χ3n) is 4.14. The van der Waals surface area contributed by atoms with E-state index in [-0.39, 0.29) is 0 Å². The first-order valence-electron chi connectivity index (χ1n) is 9.53. The first-order chi connectivity index (χ1) is 10.7. The van der Waals surface area contributed by atoms with Crippen molar-refractivity contribution in [3.63, 3.8) is 0 Å². The van der Waals surface area contributed by atoms with Gasteiger partial charge < -0.3 is 4.90 Å². The van der Waals surface area contributed by atoms with Crippen molar-refractivity contribution in [3.05, 3.63) is 11.8 Å². The molecule has 0 aromatic rings. The Balaban J connectivity index is 3.25. The third-order valence-corrected chi connectivity index (χ3v) is 4.14. The molecule has 0 bridgehead atoms. The molecule has 0 aromatic heterocycles. The van der Waals surface area contributed by atoms with Crippen LogP contribution in [0.15, 0.2) is 11.8 Å². The molecular weight excluding hydrogens is 270 g/mol. The van der Waals surface area contributed by atoms with E-state index >= 15 is 0 Å². The standard InChI is InChI=1S/C20H39NO/c1-4-5-6-7-8-9-10-11-12-13-14-15-16-17-20(19-22)18-21(2)3/h18-19H,4-17H2,1-3H3. The Labute approximate surface area is 139 Å². The average molecular weight is 310 g/mol. The number of carbonyl (C=O) groups is 1. The van der Waals surface area contributed by atoms with E-state index in [1.807, 2.05) is 25.2 Å². The molecule has 130 valence electrons. The van der Waals surface area contributed by atoms with Crippen molar-refractivity contribution >= 4 is 6.29 Å². The predicted molar refractivity (Wildman–Crippen MR) is 98.1 cm³/mol. The summed E-state index contributed by atoms with van der Waals surface area (Å²) >= 11 is 0. The number of rotatable bonds is 16. The molecule has 0 N–H and O–H groups in total. The topological polar surface area (TPSA) is 20.3 Å². The molecule has 0 heterocycles. The number of hydrogen-bond donors (Lipinski definition) is 0. The second kappa shape index (κ2) is 16.6. The van der Waals surface area contributed by atoms with Gasteiger partial charge in [0.15, 0.2) is 0 Å². The SMILES string of the molecule is CCCCCCCCCCCCCCCC(C=O)=CN(C)C. The zero-order valence-electron chi connectivity index (χ0n) is 15.4. The van der Waals surface area contributed by atoms with E-state index in [2.05, 4.69) is 6.92 Å². The quantitative estimate of drug-likeness (QED) is 0.195. The fourth-order valence-corrected chi connectivity index (χ4v) is 2.83. The fourth-order valence-electron chi connectivity index (χ4n) is 2.83. The first-order valence-corrected chi connectivity index (χ1v) is 9.53. The number of allylic oxidation sites excluding steroid dienone is 1. The molecular formula is C20H39NO. The third kappa shape index (κ3) is 15.6. The molecule has 2 heteroatoms. The molecule has 0 aliphatic rings. The van der Waals surface area contributed by atoms with Crippen LogP contribution in [0.2, 0.25) is 0 Å². The minimum absolute atomic E-state index is 0.924. The summed E-state index contributed by atoms with van der Waals surface area (Å²) in [5, 5.41) is 0. The lowest BCUT2D eigenvalue weighted by molar-refractivity contribution is -0.105. The Hall–Kier alpha value is -0.790. The first kappa shape index (κ1) is 21.2. The maximum absolute atomic E-state index is 10.9. The smallest absolute Gasteiger partial charge is 0.147 e. The second-order valence-corrected chi connectivity index (χ2v) is 6.78. The minimum Gasteiger partial charge on any atom is -0.383 e. The van der Waals surface area contributed by atoms with Gasteiger partial charge in [0.25, 0.3) is 0 Å². The Bertz CT molecular complexity index is 271. The van der Waals surface area contributed by atoms with E-state index in [0.29, 0.717) is 0 Å². The minimum atomic E-state index is 0.924. The summed E-state index contributed by atoms with van der Waals surface area (Å²) in [6, 6.07) is 0. The monoisotopic (exact) mass is 309 g/mol. The second-order valence-electron chi connectivity index (χ2n) is 6.78. The normalized spacial score (nSPS) is 11.7. The van der Waals surface area contributed by atoms with Crippen LogP contribution >= 0.6 is 0 Å². The summed E-state index contributed by atoms with van der Waals surface area (Å²) in [5.74, 6) is 0. The summed E-state index contributed by atoms with van der Waals surface area (Å²) < 4.78 is 0. The van der Waals surface area contributed by atoms with Crippen molar-refractivity contribution in [3.8, 4) is 0 Å². The average Bonchev–Trinajstić information content (AvgIpc) is 2.50. The molecule has 0 saturated carbocycles. The Morgan fingerprint density at radius 3 is 1.50 bits per heavy atom. The lowest BCUT2D eigenvalue weighted by atomic mass is 10.0. The molecule has 0 radical (unpaired) electrons. The van der Waals surface area contributed by atoms with Gasteiger partial charge in [-0.1, -0.05) is 84.0 Å². The highest BCUT2D eigenvalue weighted by Crippen LogP contribution is 2.14. The highest BCUT2D eigenvalue weighted by molar-refractivity contribution is 5.72. The van der Waals surface area contributed by atoms with Gasteiger partial charge in [0, 0.05) is 25.9 Å². The maximum Gasteiger partial charge on any atom is 0.147 e. The van der Waals surface area contributed by atoms with E-state index in [4.69, 9.17) is 0 Å². The lowest BCUT2D eigenvalue weighted by Gasteiger charge is -2.07. The van der Waals surface area contributed by atoms with Crippen LogP contribution in [0.1, 0.15) is 96.8 Å². The fraction of sp³-hybridized carbons (Fsp3) is 0.850. The number of unbranched alkanes of at least 4 members (excludes halogenated alkanes) is 12. The lowest BCUT2D eigenvalue weighted by Crippen LogP contribution is -2.03. The number of hydrogen-bond acceptors (Lipinski definition) is 2. The molecule has 0 fully saturated rings. The van der Waals surface area contributed by atoms with Gasteiger partial charge in [-0.05, 0) is 12.8 Å². The van der Waals surface area contributed by atoms with Gasteiger partial charge in [0.1, 0.15) is 6.29 Å². The maximum atomic E-state index is 10.9. The van der Waals surface area contributed by atoms with Crippen molar-refractivity contribution in [1.82, 2.24) is 4.90 Å². The van der Waals surface area contributed by atoms with Crippen molar-refractivity contribution < 1.29 is 4.79 Å². The van der Waals surface area contributed by atoms with Gasteiger partial charge in [-0.25, -0.2) is 0 Å².